The number of aliphatic hydroxyl groups is 4. The van der Waals surface area contributed by atoms with Crippen molar-refractivity contribution in [3.63, 3.8) is 0 Å². The Morgan fingerprint density at radius 2 is 1.78 bits per heavy atom. The van der Waals surface area contributed by atoms with E-state index in [1.807, 2.05) is 6.07 Å². The number of rotatable bonds is 1. The average Bonchev–Trinajstić information content (AvgIpc) is 2.40. The molecule has 4 atom stereocenters. The van der Waals surface area contributed by atoms with Crippen molar-refractivity contribution in [2.45, 2.75) is 24.4 Å². The number of hydrogen-bond acceptors (Lipinski definition) is 6. The van der Waals surface area contributed by atoms with Crippen LogP contribution in [-0.2, 0) is 0 Å². The summed E-state index contributed by atoms with van der Waals surface area (Å²) in [6.45, 7) is 0. The highest BCUT2D eigenvalue weighted by Crippen LogP contribution is 2.35. The molecule has 1 aromatic heterocycles. The Labute approximate surface area is 103 Å². The van der Waals surface area contributed by atoms with Gasteiger partial charge in [0.25, 0.3) is 0 Å². The third-order valence-electron chi connectivity index (χ3n) is 2.90. The summed E-state index contributed by atoms with van der Waals surface area (Å²) in [5, 5.41) is 47.0. The monoisotopic (exact) mass is 248 g/mol. The third-order valence-corrected chi connectivity index (χ3v) is 2.90. The molecule has 1 aliphatic rings. The van der Waals surface area contributed by atoms with Crippen molar-refractivity contribution >= 4 is 6.08 Å². The van der Waals surface area contributed by atoms with Crippen LogP contribution in [0.1, 0.15) is 29.2 Å². The molecular weight excluding hydrogens is 236 g/mol. The Bertz CT molecular complexity index is 523. The number of aliphatic hydroxyl groups excluding tert-OH is 4. The minimum atomic E-state index is -1.49. The Balaban J connectivity index is 2.46. The molecule has 0 bridgehead atoms. The Kier molecular flexibility index (Phi) is 3.41. The van der Waals surface area contributed by atoms with E-state index in [4.69, 9.17) is 5.26 Å². The largest absolute Gasteiger partial charge is 0.387 e. The minimum Gasteiger partial charge on any atom is -0.387 e. The van der Waals surface area contributed by atoms with Gasteiger partial charge in [0, 0.05) is 11.6 Å². The normalized spacial score (nSPS) is 31.1. The molecule has 0 radical (unpaired) electrons. The topological polar surface area (TPSA) is 118 Å². The molecule has 0 saturated heterocycles. The standard InChI is InChI=1S/C12H12N2O4/c13-5-1-2-6-3-4-7-8(14-6)10(16)12(18)11(17)9(7)15/h1-4,9-12,15-18H. The molecule has 0 spiro atoms. The molecule has 6 nitrogen and oxygen atoms in total. The van der Waals surface area contributed by atoms with Gasteiger partial charge in [0.2, 0.25) is 0 Å². The van der Waals surface area contributed by atoms with E-state index in [2.05, 4.69) is 4.98 Å². The Morgan fingerprint density at radius 3 is 2.44 bits per heavy atom. The van der Waals surface area contributed by atoms with E-state index >= 15 is 0 Å². The number of hydrogen-bond donors (Lipinski definition) is 4. The minimum absolute atomic E-state index is 0.111. The SMILES string of the molecule is N#CC=Cc1ccc2c(n1)C(O)C(O)C(O)C2O. The first-order chi connectivity index (χ1) is 8.56. The van der Waals surface area contributed by atoms with Crippen LogP contribution in [0.15, 0.2) is 18.2 Å². The zero-order valence-corrected chi connectivity index (χ0v) is 9.30. The van der Waals surface area contributed by atoms with Crippen LogP contribution in [0.5, 0.6) is 0 Å². The van der Waals surface area contributed by atoms with E-state index in [0.29, 0.717) is 5.69 Å². The van der Waals surface area contributed by atoms with Gasteiger partial charge in [-0.2, -0.15) is 5.26 Å². The van der Waals surface area contributed by atoms with Crippen LogP contribution in [0, 0.1) is 11.3 Å². The van der Waals surface area contributed by atoms with Crippen LogP contribution in [0.4, 0.5) is 0 Å². The number of pyridine rings is 1. The molecule has 4 N–H and O–H groups in total. The summed E-state index contributed by atoms with van der Waals surface area (Å²) < 4.78 is 0. The van der Waals surface area contributed by atoms with E-state index < -0.39 is 24.4 Å². The maximum atomic E-state index is 9.80. The molecule has 4 unspecified atom stereocenters. The zero-order valence-electron chi connectivity index (χ0n) is 9.30. The fourth-order valence-electron chi connectivity index (χ4n) is 1.92. The van der Waals surface area contributed by atoms with Crippen LogP contribution in [-0.4, -0.2) is 37.6 Å². The first kappa shape index (κ1) is 12.7. The predicted octanol–water partition coefficient (Wildman–Crippen LogP) is -0.579. The molecule has 94 valence electrons. The van der Waals surface area contributed by atoms with Crippen LogP contribution in [0.25, 0.3) is 6.08 Å². The van der Waals surface area contributed by atoms with Crippen molar-refractivity contribution in [3.05, 3.63) is 35.2 Å². The van der Waals surface area contributed by atoms with Gasteiger partial charge in [0.1, 0.15) is 24.4 Å². The highest BCUT2D eigenvalue weighted by molar-refractivity contribution is 5.49. The van der Waals surface area contributed by atoms with Gasteiger partial charge in [-0.05, 0) is 12.1 Å². The van der Waals surface area contributed by atoms with Gasteiger partial charge in [0.15, 0.2) is 0 Å². The van der Waals surface area contributed by atoms with E-state index in [1.165, 1.54) is 18.2 Å². The van der Waals surface area contributed by atoms with Gasteiger partial charge >= 0.3 is 0 Å². The summed E-state index contributed by atoms with van der Waals surface area (Å²) in [5.74, 6) is 0. The fraction of sp³-hybridized carbons (Fsp3) is 0.333. The number of nitrogens with zero attached hydrogens (tertiary/aromatic N) is 2. The molecule has 18 heavy (non-hydrogen) atoms. The number of nitriles is 1. The lowest BCUT2D eigenvalue weighted by Gasteiger charge is -2.33. The third kappa shape index (κ3) is 2.00. The van der Waals surface area contributed by atoms with Crippen molar-refractivity contribution < 1.29 is 20.4 Å². The molecule has 2 rings (SSSR count). The van der Waals surface area contributed by atoms with Crippen molar-refractivity contribution in [1.82, 2.24) is 4.98 Å². The summed E-state index contributed by atoms with van der Waals surface area (Å²) >= 11 is 0. The Hall–Kier alpha value is -1.78. The smallest absolute Gasteiger partial charge is 0.125 e. The van der Waals surface area contributed by atoms with Crippen molar-refractivity contribution in [2.24, 2.45) is 0 Å². The second-order valence-corrected chi connectivity index (χ2v) is 4.04. The first-order valence-electron chi connectivity index (χ1n) is 5.35. The Morgan fingerprint density at radius 1 is 1.11 bits per heavy atom. The number of fused-ring (bicyclic) bond motifs is 1. The van der Waals surface area contributed by atoms with Crippen LogP contribution in [0.3, 0.4) is 0 Å². The summed E-state index contributed by atoms with van der Waals surface area (Å²) in [5.41, 5.74) is 0.805. The van der Waals surface area contributed by atoms with Gasteiger partial charge < -0.3 is 20.4 Å². The average molecular weight is 248 g/mol. The maximum Gasteiger partial charge on any atom is 0.125 e. The fourth-order valence-corrected chi connectivity index (χ4v) is 1.92. The first-order valence-corrected chi connectivity index (χ1v) is 5.35. The second kappa shape index (κ2) is 4.84. The number of allylic oxidation sites excluding steroid dienone is 1. The lowest BCUT2D eigenvalue weighted by molar-refractivity contribution is -0.122. The van der Waals surface area contributed by atoms with Crippen LogP contribution < -0.4 is 0 Å². The molecular formula is C12H12N2O4. The lowest BCUT2D eigenvalue weighted by Crippen LogP contribution is -2.42. The van der Waals surface area contributed by atoms with Gasteiger partial charge in [-0.3, -0.25) is 4.98 Å². The van der Waals surface area contributed by atoms with Crippen LogP contribution in [0.2, 0.25) is 0 Å². The molecule has 0 fully saturated rings. The summed E-state index contributed by atoms with van der Waals surface area (Å²) in [4.78, 5) is 4.05. The summed E-state index contributed by atoms with van der Waals surface area (Å²) in [6, 6.07) is 4.86. The molecule has 1 aromatic rings. The van der Waals surface area contributed by atoms with E-state index in [1.54, 1.807) is 6.07 Å². The summed E-state index contributed by atoms with van der Waals surface area (Å²) in [6.07, 6.45) is -2.93. The van der Waals surface area contributed by atoms with Gasteiger partial charge in [0.05, 0.1) is 17.5 Å². The zero-order chi connectivity index (χ0) is 13.3. The molecule has 6 heteroatoms. The molecule has 0 aliphatic heterocycles. The molecule has 0 saturated carbocycles. The highest BCUT2D eigenvalue weighted by atomic mass is 16.4. The highest BCUT2D eigenvalue weighted by Gasteiger charge is 2.40. The van der Waals surface area contributed by atoms with E-state index in [-0.39, 0.29) is 11.3 Å². The van der Waals surface area contributed by atoms with E-state index in [9.17, 15) is 20.4 Å². The second-order valence-electron chi connectivity index (χ2n) is 4.04. The molecule has 1 heterocycles. The predicted molar refractivity (Wildman–Crippen MR) is 60.8 cm³/mol. The molecule has 1 aliphatic carbocycles. The van der Waals surface area contributed by atoms with Crippen molar-refractivity contribution in [3.8, 4) is 6.07 Å². The van der Waals surface area contributed by atoms with Gasteiger partial charge in [-0.15, -0.1) is 0 Å². The van der Waals surface area contributed by atoms with E-state index in [0.717, 1.165) is 0 Å². The molecule has 0 amide bonds. The van der Waals surface area contributed by atoms with Gasteiger partial charge in [-0.1, -0.05) is 6.07 Å². The number of aromatic nitrogens is 1. The summed E-state index contributed by atoms with van der Waals surface area (Å²) in [7, 11) is 0. The lowest BCUT2D eigenvalue weighted by atomic mass is 9.86. The van der Waals surface area contributed by atoms with Crippen molar-refractivity contribution in [1.29, 1.82) is 5.26 Å². The van der Waals surface area contributed by atoms with Crippen molar-refractivity contribution in [2.75, 3.05) is 0 Å². The quantitative estimate of drug-likeness (QED) is 0.494. The van der Waals surface area contributed by atoms with Gasteiger partial charge in [-0.25, -0.2) is 0 Å². The molecule has 0 aromatic carbocycles. The maximum absolute atomic E-state index is 9.80. The van der Waals surface area contributed by atoms with Crippen LogP contribution >= 0.6 is 0 Å².